The van der Waals surface area contributed by atoms with E-state index < -0.39 is 62.4 Å². The summed E-state index contributed by atoms with van der Waals surface area (Å²) in [5.41, 5.74) is 8.61. The standard InChI is InChI=1S/C18H33N3O8/c1-2-3-4-5-6-7-8-26-17-15(25)16(12(10-23)28-17)29-18-14(24)13(20-21-19)11(9-22)27-18/h11-18,22-25H,2-10H2,1H3/t11-,12-,13-,14+,15+,16-,17+,18-/m1/s1. The summed E-state index contributed by atoms with van der Waals surface area (Å²) in [5, 5.41) is 43.1. The van der Waals surface area contributed by atoms with Crippen molar-refractivity contribution in [2.75, 3.05) is 19.8 Å². The molecule has 2 fully saturated rings. The van der Waals surface area contributed by atoms with Gasteiger partial charge < -0.3 is 39.4 Å². The molecule has 0 amide bonds. The highest BCUT2D eigenvalue weighted by Gasteiger charge is 2.50. The summed E-state index contributed by atoms with van der Waals surface area (Å²) in [6.45, 7) is 1.67. The van der Waals surface area contributed by atoms with Gasteiger partial charge in [-0.05, 0) is 12.0 Å². The number of rotatable bonds is 13. The van der Waals surface area contributed by atoms with Crippen LogP contribution in [0.4, 0.5) is 0 Å². The molecule has 0 bridgehead atoms. The summed E-state index contributed by atoms with van der Waals surface area (Å²) in [6, 6.07) is -1.03. The molecule has 8 atom stereocenters. The highest BCUT2D eigenvalue weighted by Crippen LogP contribution is 2.31. The smallest absolute Gasteiger partial charge is 0.186 e. The predicted octanol–water partition coefficient (Wildman–Crippen LogP) is 0.584. The summed E-state index contributed by atoms with van der Waals surface area (Å²) in [7, 11) is 0. The summed E-state index contributed by atoms with van der Waals surface area (Å²) in [6.07, 6.45) is -0.989. The normalized spacial score (nSPS) is 37.0. The fourth-order valence-corrected chi connectivity index (χ4v) is 3.57. The highest BCUT2D eigenvalue weighted by molar-refractivity contribution is 4.95. The lowest BCUT2D eigenvalue weighted by atomic mass is 10.1. The third-order valence-corrected chi connectivity index (χ3v) is 5.23. The van der Waals surface area contributed by atoms with Gasteiger partial charge in [0.1, 0.15) is 24.4 Å². The van der Waals surface area contributed by atoms with E-state index in [2.05, 4.69) is 16.9 Å². The third-order valence-electron chi connectivity index (χ3n) is 5.23. The lowest BCUT2D eigenvalue weighted by Gasteiger charge is -2.25. The summed E-state index contributed by atoms with van der Waals surface area (Å²) < 4.78 is 22.2. The first-order chi connectivity index (χ1) is 14.1. The van der Waals surface area contributed by atoms with Gasteiger partial charge in [-0.2, -0.15) is 0 Å². The van der Waals surface area contributed by atoms with Crippen LogP contribution < -0.4 is 0 Å². The zero-order valence-electron chi connectivity index (χ0n) is 16.7. The SMILES string of the molecule is CCCCCCCCO[C@H]1O[C@H](CO)[C@@H](O[C@H]2O[C@H](CO)[C@@H](N=[N+]=[N-])[C@@H]2O)[C@@H]1O. The molecule has 2 heterocycles. The minimum Gasteiger partial charge on any atom is -0.394 e. The molecule has 168 valence electrons. The second-order valence-corrected chi connectivity index (χ2v) is 7.37. The molecule has 2 saturated heterocycles. The fourth-order valence-electron chi connectivity index (χ4n) is 3.57. The van der Waals surface area contributed by atoms with E-state index in [-0.39, 0.29) is 0 Å². The Kier molecular flexibility index (Phi) is 10.6. The van der Waals surface area contributed by atoms with Gasteiger partial charge in [0.05, 0.1) is 25.4 Å². The molecule has 2 rings (SSSR count). The number of azide groups is 1. The van der Waals surface area contributed by atoms with Crippen LogP contribution in [-0.4, -0.2) is 89.4 Å². The summed E-state index contributed by atoms with van der Waals surface area (Å²) in [4.78, 5) is 2.64. The van der Waals surface area contributed by atoms with Crippen LogP contribution in [0.25, 0.3) is 10.4 Å². The molecular weight excluding hydrogens is 386 g/mol. The molecule has 11 heteroatoms. The maximum atomic E-state index is 10.5. The monoisotopic (exact) mass is 419 g/mol. The number of hydrogen-bond donors (Lipinski definition) is 4. The van der Waals surface area contributed by atoms with E-state index in [4.69, 9.17) is 24.5 Å². The van der Waals surface area contributed by atoms with Crippen molar-refractivity contribution in [2.45, 2.75) is 94.6 Å². The summed E-state index contributed by atoms with van der Waals surface area (Å²) in [5.74, 6) is 0. The predicted molar refractivity (Wildman–Crippen MR) is 101 cm³/mol. The van der Waals surface area contributed by atoms with Crippen LogP contribution in [-0.2, 0) is 18.9 Å². The molecule has 2 aliphatic rings. The minimum absolute atomic E-state index is 0.410. The van der Waals surface area contributed by atoms with Gasteiger partial charge in [-0.25, -0.2) is 0 Å². The lowest BCUT2D eigenvalue weighted by Crippen LogP contribution is -2.43. The molecule has 2 aliphatic heterocycles. The van der Waals surface area contributed by atoms with Crippen molar-refractivity contribution >= 4 is 0 Å². The maximum Gasteiger partial charge on any atom is 0.186 e. The quantitative estimate of drug-likeness (QED) is 0.146. The van der Waals surface area contributed by atoms with E-state index in [1.54, 1.807) is 0 Å². The average Bonchev–Trinajstić information content (AvgIpc) is 3.19. The van der Waals surface area contributed by atoms with Crippen LogP contribution >= 0.6 is 0 Å². The Bertz CT molecular complexity index is 521. The number of hydrogen-bond acceptors (Lipinski definition) is 9. The molecule has 4 N–H and O–H groups in total. The molecule has 11 nitrogen and oxygen atoms in total. The van der Waals surface area contributed by atoms with Gasteiger partial charge in [-0.1, -0.05) is 44.1 Å². The van der Waals surface area contributed by atoms with Gasteiger partial charge in [-0.15, -0.1) is 0 Å². The average molecular weight is 419 g/mol. The van der Waals surface area contributed by atoms with Crippen LogP contribution in [0.3, 0.4) is 0 Å². The number of unbranched alkanes of at least 4 members (excludes halogenated alkanes) is 5. The van der Waals surface area contributed by atoms with Crippen molar-refractivity contribution in [3.05, 3.63) is 10.4 Å². The first-order valence-corrected chi connectivity index (χ1v) is 10.3. The van der Waals surface area contributed by atoms with Crippen LogP contribution in [0, 0.1) is 0 Å². The van der Waals surface area contributed by atoms with Crippen molar-refractivity contribution in [3.63, 3.8) is 0 Å². The number of nitrogens with zero attached hydrogens (tertiary/aromatic N) is 3. The van der Waals surface area contributed by atoms with Gasteiger partial charge in [-0.3, -0.25) is 0 Å². The van der Waals surface area contributed by atoms with Crippen molar-refractivity contribution < 1.29 is 39.4 Å². The van der Waals surface area contributed by atoms with E-state index in [1.807, 2.05) is 0 Å². The molecule has 0 aromatic heterocycles. The number of ether oxygens (including phenoxy) is 4. The largest absolute Gasteiger partial charge is 0.394 e. The Balaban J connectivity index is 1.84. The maximum absolute atomic E-state index is 10.5. The zero-order chi connectivity index (χ0) is 21.2. The Morgan fingerprint density at radius 3 is 2.24 bits per heavy atom. The second-order valence-electron chi connectivity index (χ2n) is 7.37. The van der Waals surface area contributed by atoms with Crippen molar-refractivity contribution in [1.82, 2.24) is 0 Å². The van der Waals surface area contributed by atoms with Crippen LogP contribution in [0.2, 0.25) is 0 Å². The Hall–Kier alpha value is -1.01. The van der Waals surface area contributed by atoms with Crippen molar-refractivity contribution in [2.24, 2.45) is 5.11 Å². The molecule has 0 aliphatic carbocycles. The van der Waals surface area contributed by atoms with Gasteiger partial charge in [0.25, 0.3) is 0 Å². The molecule has 0 radical (unpaired) electrons. The van der Waals surface area contributed by atoms with E-state index in [1.165, 1.54) is 19.3 Å². The summed E-state index contributed by atoms with van der Waals surface area (Å²) >= 11 is 0. The number of aliphatic hydroxyl groups is 4. The van der Waals surface area contributed by atoms with Crippen LogP contribution in [0.1, 0.15) is 45.4 Å². The van der Waals surface area contributed by atoms with Gasteiger partial charge in [0, 0.05) is 11.5 Å². The number of aliphatic hydroxyl groups excluding tert-OH is 4. The van der Waals surface area contributed by atoms with Crippen molar-refractivity contribution in [1.29, 1.82) is 0 Å². The van der Waals surface area contributed by atoms with Crippen LogP contribution in [0.5, 0.6) is 0 Å². The Morgan fingerprint density at radius 2 is 1.59 bits per heavy atom. The lowest BCUT2D eigenvalue weighted by molar-refractivity contribution is -0.215. The Labute approximate surface area is 170 Å². The molecule has 29 heavy (non-hydrogen) atoms. The Morgan fingerprint density at radius 1 is 0.931 bits per heavy atom. The van der Waals surface area contributed by atoms with Gasteiger partial charge in [0.15, 0.2) is 12.6 Å². The van der Waals surface area contributed by atoms with E-state index >= 15 is 0 Å². The van der Waals surface area contributed by atoms with Crippen LogP contribution in [0.15, 0.2) is 5.11 Å². The molecule has 0 aromatic carbocycles. The van der Waals surface area contributed by atoms with E-state index in [0.717, 1.165) is 19.3 Å². The van der Waals surface area contributed by atoms with Crippen molar-refractivity contribution in [3.8, 4) is 0 Å². The third kappa shape index (κ3) is 6.48. The molecule has 0 spiro atoms. The highest BCUT2D eigenvalue weighted by atomic mass is 16.7. The molecule has 0 saturated carbocycles. The van der Waals surface area contributed by atoms with E-state index in [0.29, 0.717) is 6.61 Å². The zero-order valence-corrected chi connectivity index (χ0v) is 16.7. The van der Waals surface area contributed by atoms with Gasteiger partial charge in [0.2, 0.25) is 0 Å². The first-order valence-electron chi connectivity index (χ1n) is 10.3. The fraction of sp³-hybridized carbons (Fsp3) is 1.00. The molecule has 0 aromatic rings. The molecular formula is C18H33N3O8. The van der Waals surface area contributed by atoms with Gasteiger partial charge >= 0.3 is 0 Å². The van der Waals surface area contributed by atoms with E-state index in [9.17, 15) is 20.4 Å². The first kappa shape index (κ1) is 24.3. The topological polar surface area (TPSA) is 167 Å². The molecule has 0 unspecified atom stereocenters. The minimum atomic E-state index is -1.34. The second kappa shape index (κ2) is 12.6.